The molecule has 1 aliphatic rings. The minimum atomic E-state index is -0.103. The number of rotatable bonds is 3. The molecule has 7 heteroatoms. The van der Waals surface area contributed by atoms with Crippen LogP contribution in [0.25, 0.3) is 22.4 Å². The lowest BCUT2D eigenvalue weighted by molar-refractivity contribution is -0.117. The molecule has 28 heavy (non-hydrogen) atoms. The number of aromatic nitrogens is 3. The van der Waals surface area contributed by atoms with E-state index < -0.39 is 0 Å². The number of H-pyrrole nitrogens is 1. The zero-order chi connectivity index (χ0) is 19.3. The zero-order valence-electron chi connectivity index (χ0n) is 15.1. The second-order valence-electron chi connectivity index (χ2n) is 7.07. The number of hydrogen-bond donors (Lipinski definition) is 1. The molecule has 3 heterocycles. The van der Waals surface area contributed by atoms with E-state index in [4.69, 9.17) is 16.1 Å². The smallest absolute Gasteiger partial charge is 0.258 e. The predicted molar refractivity (Wildman–Crippen MR) is 107 cm³/mol. The van der Waals surface area contributed by atoms with Gasteiger partial charge >= 0.3 is 0 Å². The molecule has 1 amide bonds. The Kier molecular flexibility index (Phi) is 3.94. The zero-order valence-corrected chi connectivity index (χ0v) is 15.9. The number of amides is 1. The predicted octanol–water partition coefficient (Wildman–Crippen LogP) is 4.70. The van der Waals surface area contributed by atoms with Gasteiger partial charge in [0.05, 0.1) is 0 Å². The van der Waals surface area contributed by atoms with Crippen LogP contribution in [0.5, 0.6) is 0 Å². The first-order chi connectivity index (χ1) is 13.6. The molecule has 2 aromatic heterocycles. The van der Waals surface area contributed by atoms with Gasteiger partial charge in [-0.05, 0) is 54.3 Å². The number of carbonyl (C=O) groups is 1. The largest absolute Gasteiger partial charge is 0.361 e. The lowest BCUT2D eigenvalue weighted by Crippen LogP contribution is -2.25. The number of fused-ring (bicyclic) bond motifs is 1. The summed E-state index contributed by atoms with van der Waals surface area (Å²) in [5, 5.41) is 5.93. The quantitative estimate of drug-likeness (QED) is 0.548. The molecule has 1 unspecified atom stereocenters. The lowest BCUT2D eigenvalue weighted by atomic mass is 10.1. The molecule has 2 aromatic carbocycles. The van der Waals surface area contributed by atoms with Crippen molar-refractivity contribution in [2.75, 3.05) is 11.4 Å². The summed E-state index contributed by atoms with van der Waals surface area (Å²) in [6, 6.07) is 13.5. The monoisotopic (exact) mass is 392 g/mol. The van der Waals surface area contributed by atoms with Crippen LogP contribution in [0.15, 0.2) is 53.2 Å². The highest BCUT2D eigenvalue weighted by Gasteiger charge is 2.35. The number of anilines is 1. The third-order valence-corrected chi connectivity index (χ3v) is 5.42. The van der Waals surface area contributed by atoms with Gasteiger partial charge in [0.15, 0.2) is 5.82 Å². The van der Waals surface area contributed by atoms with E-state index in [1.807, 2.05) is 49.5 Å². The van der Waals surface area contributed by atoms with E-state index in [9.17, 15) is 4.79 Å². The van der Waals surface area contributed by atoms with Crippen molar-refractivity contribution in [1.29, 1.82) is 0 Å². The number of aromatic amines is 1. The second kappa shape index (κ2) is 6.49. The Bertz CT molecular complexity index is 1200. The van der Waals surface area contributed by atoms with Gasteiger partial charge in [-0.3, -0.25) is 4.79 Å². The molecule has 0 bridgehead atoms. The van der Waals surface area contributed by atoms with Crippen LogP contribution in [0.3, 0.4) is 0 Å². The third kappa shape index (κ3) is 2.86. The van der Waals surface area contributed by atoms with Gasteiger partial charge in [0.25, 0.3) is 5.89 Å². The van der Waals surface area contributed by atoms with Crippen LogP contribution >= 0.6 is 11.6 Å². The van der Waals surface area contributed by atoms with Crippen LogP contribution in [0.1, 0.15) is 23.7 Å². The average Bonchev–Trinajstić information content (AvgIpc) is 3.40. The summed E-state index contributed by atoms with van der Waals surface area (Å²) < 4.78 is 5.48. The van der Waals surface area contributed by atoms with Crippen LogP contribution in [0.2, 0.25) is 5.02 Å². The standard InChI is InChI=1S/C21H17ClN4O2/c1-12-8-16(22)4-5-18(12)26-11-15(10-19(26)27)20-24-21(28-25-20)14-3-2-13-6-7-23-17(13)9-14/h2-9,15,23H,10-11H2,1H3. The number of aryl methyl sites for hydroxylation is 1. The van der Waals surface area contributed by atoms with Gasteiger partial charge in [0.1, 0.15) is 0 Å². The first kappa shape index (κ1) is 17.0. The number of nitrogens with zero attached hydrogens (tertiary/aromatic N) is 3. The molecule has 0 radical (unpaired) electrons. The topological polar surface area (TPSA) is 75.0 Å². The molecule has 5 rings (SSSR count). The Morgan fingerprint density at radius 2 is 2.11 bits per heavy atom. The lowest BCUT2D eigenvalue weighted by Gasteiger charge is -2.18. The Hall–Kier alpha value is -3.12. The van der Waals surface area contributed by atoms with Crippen molar-refractivity contribution in [3.05, 3.63) is 65.1 Å². The third-order valence-electron chi connectivity index (χ3n) is 5.18. The summed E-state index contributed by atoms with van der Waals surface area (Å²) in [4.78, 5) is 22.1. The van der Waals surface area contributed by atoms with Crippen LogP contribution in [-0.4, -0.2) is 27.6 Å². The molecular formula is C21H17ClN4O2. The maximum atomic E-state index is 12.6. The van der Waals surface area contributed by atoms with Gasteiger partial charge in [-0.15, -0.1) is 0 Å². The molecule has 1 atom stereocenters. The number of hydrogen-bond acceptors (Lipinski definition) is 4. The SMILES string of the molecule is Cc1cc(Cl)ccc1N1CC(c2noc(-c3ccc4cc[nH]c4c3)n2)CC1=O. The van der Waals surface area contributed by atoms with Crippen LogP contribution < -0.4 is 4.90 Å². The summed E-state index contributed by atoms with van der Waals surface area (Å²) in [6.45, 7) is 2.47. The Morgan fingerprint density at radius 3 is 2.96 bits per heavy atom. The summed E-state index contributed by atoms with van der Waals surface area (Å²) >= 11 is 6.04. The molecule has 1 saturated heterocycles. The van der Waals surface area contributed by atoms with Crippen molar-refractivity contribution >= 4 is 34.1 Å². The van der Waals surface area contributed by atoms with Crippen molar-refractivity contribution in [3.8, 4) is 11.5 Å². The van der Waals surface area contributed by atoms with Gasteiger partial charge in [-0.25, -0.2) is 0 Å². The molecule has 0 spiro atoms. The summed E-state index contributed by atoms with van der Waals surface area (Å²) in [5.41, 5.74) is 3.70. The van der Waals surface area contributed by atoms with E-state index in [1.54, 1.807) is 11.0 Å². The van der Waals surface area contributed by atoms with E-state index in [-0.39, 0.29) is 11.8 Å². The first-order valence-electron chi connectivity index (χ1n) is 9.06. The van der Waals surface area contributed by atoms with Gasteiger partial charge in [-0.2, -0.15) is 4.98 Å². The average molecular weight is 393 g/mol. The van der Waals surface area contributed by atoms with Gasteiger partial charge in [0.2, 0.25) is 5.91 Å². The minimum absolute atomic E-state index is 0.0505. The van der Waals surface area contributed by atoms with E-state index in [0.717, 1.165) is 27.7 Å². The highest BCUT2D eigenvalue weighted by atomic mass is 35.5. The Morgan fingerprint density at radius 1 is 1.21 bits per heavy atom. The maximum absolute atomic E-state index is 12.6. The van der Waals surface area contributed by atoms with Gasteiger partial charge in [0, 0.05) is 46.9 Å². The van der Waals surface area contributed by atoms with Gasteiger partial charge in [-0.1, -0.05) is 22.8 Å². The van der Waals surface area contributed by atoms with Crippen molar-refractivity contribution in [2.45, 2.75) is 19.3 Å². The van der Waals surface area contributed by atoms with E-state index in [2.05, 4.69) is 15.1 Å². The fourth-order valence-electron chi connectivity index (χ4n) is 3.73. The first-order valence-corrected chi connectivity index (χ1v) is 9.44. The van der Waals surface area contributed by atoms with Crippen LogP contribution in [-0.2, 0) is 4.79 Å². The Balaban J connectivity index is 1.41. The maximum Gasteiger partial charge on any atom is 0.258 e. The van der Waals surface area contributed by atoms with Crippen molar-refractivity contribution in [3.63, 3.8) is 0 Å². The molecule has 6 nitrogen and oxygen atoms in total. The van der Waals surface area contributed by atoms with Crippen molar-refractivity contribution in [2.24, 2.45) is 0 Å². The minimum Gasteiger partial charge on any atom is -0.361 e. The summed E-state index contributed by atoms with van der Waals surface area (Å²) in [5.74, 6) is 0.966. The van der Waals surface area contributed by atoms with E-state index >= 15 is 0 Å². The van der Waals surface area contributed by atoms with E-state index in [1.165, 1.54) is 0 Å². The highest BCUT2D eigenvalue weighted by Crippen LogP contribution is 2.34. The van der Waals surface area contributed by atoms with Crippen molar-refractivity contribution < 1.29 is 9.32 Å². The summed E-state index contributed by atoms with van der Waals surface area (Å²) in [6.07, 6.45) is 2.25. The molecule has 140 valence electrons. The fourth-order valence-corrected chi connectivity index (χ4v) is 3.96. The molecule has 1 N–H and O–H groups in total. The number of nitrogens with one attached hydrogen (secondary N) is 1. The number of carbonyl (C=O) groups excluding carboxylic acids is 1. The molecule has 0 aliphatic carbocycles. The van der Waals surface area contributed by atoms with Gasteiger partial charge < -0.3 is 14.4 Å². The molecular weight excluding hydrogens is 376 g/mol. The van der Waals surface area contributed by atoms with Crippen LogP contribution in [0, 0.1) is 6.92 Å². The molecule has 4 aromatic rings. The van der Waals surface area contributed by atoms with Crippen molar-refractivity contribution in [1.82, 2.24) is 15.1 Å². The summed E-state index contributed by atoms with van der Waals surface area (Å²) in [7, 11) is 0. The molecule has 0 saturated carbocycles. The number of halogens is 1. The van der Waals surface area contributed by atoms with E-state index in [0.29, 0.717) is 29.7 Å². The molecule has 1 fully saturated rings. The number of benzene rings is 2. The second-order valence-corrected chi connectivity index (χ2v) is 7.51. The fraction of sp³-hybridized carbons (Fsp3) is 0.190. The molecule has 1 aliphatic heterocycles. The Labute approximate surface area is 166 Å². The highest BCUT2D eigenvalue weighted by molar-refractivity contribution is 6.30. The van der Waals surface area contributed by atoms with Crippen LogP contribution in [0.4, 0.5) is 5.69 Å². The normalized spacial score (nSPS) is 17.0.